The fourth-order valence-electron chi connectivity index (χ4n) is 2.60. The van der Waals surface area contributed by atoms with Crippen LogP contribution in [-0.4, -0.2) is 34.1 Å². The van der Waals surface area contributed by atoms with Gasteiger partial charge in [0, 0.05) is 30.6 Å². The van der Waals surface area contributed by atoms with Crippen molar-refractivity contribution in [3.63, 3.8) is 0 Å². The molecule has 0 bridgehead atoms. The third kappa shape index (κ3) is 4.14. The first-order valence-electron chi connectivity index (χ1n) is 7.63. The van der Waals surface area contributed by atoms with Gasteiger partial charge in [-0.15, -0.1) is 0 Å². The molecule has 0 atom stereocenters. The second-order valence-electron chi connectivity index (χ2n) is 5.64. The summed E-state index contributed by atoms with van der Waals surface area (Å²) >= 11 is 5.63. The van der Waals surface area contributed by atoms with Crippen molar-refractivity contribution in [3.8, 4) is 5.75 Å². The van der Waals surface area contributed by atoms with Gasteiger partial charge in [0.05, 0.1) is 17.7 Å². The summed E-state index contributed by atoms with van der Waals surface area (Å²) in [5.74, 6) is 0.661. The number of ether oxygens (including phenoxy) is 1. The van der Waals surface area contributed by atoms with Gasteiger partial charge < -0.3 is 9.64 Å². The molecule has 7 heteroatoms. The normalized spacial score (nSPS) is 11.2. The Kier molecular flexibility index (Phi) is 5.75. The maximum atomic E-state index is 12.3. The van der Waals surface area contributed by atoms with E-state index < -0.39 is 15.1 Å². The summed E-state index contributed by atoms with van der Waals surface area (Å²) in [5, 5.41) is -0.669. The minimum absolute atomic E-state index is 0.0546. The predicted octanol–water partition coefficient (Wildman–Crippen LogP) is 3.81. The monoisotopic (exact) mass is 381 g/mol. The van der Waals surface area contributed by atoms with Crippen molar-refractivity contribution >= 4 is 38.1 Å². The van der Waals surface area contributed by atoms with Gasteiger partial charge in [-0.3, -0.25) is 4.79 Å². The lowest BCUT2D eigenvalue weighted by Crippen LogP contribution is -2.15. The minimum atomic E-state index is -3.57. The standard InChI is InChI=1S/C18H20ClNO4S/c1-5-12-9-16(17(25(4,22)23)11-15(12)18(19)21)20(2)13-7-6-8-14(10-13)24-3/h6-11H,5H2,1-4H3. The highest BCUT2D eigenvalue weighted by molar-refractivity contribution is 7.90. The van der Waals surface area contributed by atoms with Gasteiger partial charge in [0.1, 0.15) is 5.75 Å². The van der Waals surface area contributed by atoms with Gasteiger partial charge in [0.2, 0.25) is 0 Å². The first-order chi connectivity index (χ1) is 11.7. The van der Waals surface area contributed by atoms with Gasteiger partial charge in [-0.05, 0) is 47.9 Å². The molecule has 0 unspecified atom stereocenters. The van der Waals surface area contributed by atoms with E-state index in [0.717, 1.165) is 11.9 Å². The van der Waals surface area contributed by atoms with Crippen molar-refractivity contribution in [1.82, 2.24) is 0 Å². The number of rotatable bonds is 6. The zero-order chi connectivity index (χ0) is 18.8. The van der Waals surface area contributed by atoms with Crippen LogP contribution in [0.4, 0.5) is 11.4 Å². The zero-order valence-corrected chi connectivity index (χ0v) is 16.1. The molecule has 25 heavy (non-hydrogen) atoms. The smallest absolute Gasteiger partial charge is 0.252 e. The van der Waals surface area contributed by atoms with Crippen molar-refractivity contribution < 1.29 is 17.9 Å². The molecule has 0 spiro atoms. The van der Waals surface area contributed by atoms with Crippen molar-refractivity contribution in [3.05, 3.63) is 47.5 Å². The number of anilines is 2. The average molecular weight is 382 g/mol. The number of benzene rings is 2. The van der Waals surface area contributed by atoms with E-state index in [1.165, 1.54) is 6.07 Å². The van der Waals surface area contributed by atoms with E-state index in [4.69, 9.17) is 16.3 Å². The number of sulfone groups is 1. The van der Waals surface area contributed by atoms with Crippen LogP contribution in [0.15, 0.2) is 41.3 Å². The van der Waals surface area contributed by atoms with E-state index in [2.05, 4.69) is 0 Å². The molecule has 0 fully saturated rings. The number of hydrogen-bond donors (Lipinski definition) is 0. The van der Waals surface area contributed by atoms with Gasteiger partial charge in [-0.25, -0.2) is 8.42 Å². The van der Waals surface area contributed by atoms with Crippen LogP contribution in [0.5, 0.6) is 5.75 Å². The van der Waals surface area contributed by atoms with Gasteiger partial charge in [-0.1, -0.05) is 13.0 Å². The Morgan fingerprint density at radius 3 is 2.44 bits per heavy atom. The molecule has 0 aromatic heterocycles. The third-order valence-corrected chi connectivity index (χ3v) is 5.31. The molecule has 2 aromatic rings. The fraction of sp³-hybridized carbons (Fsp3) is 0.278. The molecular weight excluding hydrogens is 362 g/mol. The van der Waals surface area contributed by atoms with Crippen LogP contribution in [0.1, 0.15) is 22.8 Å². The van der Waals surface area contributed by atoms with Crippen LogP contribution in [0, 0.1) is 0 Å². The largest absolute Gasteiger partial charge is 0.497 e. The summed E-state index contributed by atoms with van der Waals surface area (Å²) < 4.78 is 29.8. The number of carbonyl (C=O) groups is 1. The second-order valence-corrected chi connectivity index (χ2v) is 7.96. The minimum Gasteiger partial charge on any atom is -0.497 e. The molecule has 2 rings (SSSR count). The number of halogens is 1. The summed E-state index contributed by atoms with van der Waals surface area (Å²) in [7, 11) is -0.236. The van der Waals surface area contributed by atoms with Crippen LogP contribution in [0.25, 0.3) is 0 Å². The van der Waals surface area contributed by atoms with Crippen LogP contribution >= 0.6 is 11.6 Å². The SMILES string of the molecule is CCc1cc(N(C)c2cccc(OC)c2)c(S(C)(=O)=O)cc1C(=O)Cl. The lowest BCUT2D eigenvalue weighted by Gasteiger charge is -2.24. The third-order valence-electron chi connectivity index (χ3n) is 3.98. The van der Waals surface area contributed by atoms with Gasteiger partial charge in [0.25, 0.3) is 5.24 Å². The molecule has 0 saturated carbocycles. The topological polar surface area (TPSA) is 63.7 Å². The Balaban J connectivity index is 2.71. The van der Waals surface area contributed by atoms with E-state index >= 15 is 0 Å². The van der Waals surface area contributed by atoms with E-state index in [0.29, 0.717) is 23.4 Å². The first-order valence-corrected chi connectivity index (χ1v) is 9.90. The number of hydrogen-bond acceptors (Lipinski definition) is 5. The molecule has 134 valence electrons. The quantitative estimate of drug-likeness (QED) is 0.712. The Labute approximate surface area is 153 Å². The summed E-state index contributed by atoms with van der Waals surface area (Å²) in [6.07, 6.45) is 1.66. The highest BCUT2D eigenvalue weighted by atomic mass is 35.5. The highest BCUT2D eigenvalue weighted by Gasteiger charge is 2.22. The molecule has 0 aliphatic carbocycles. The van der Waals surface area contributed by atoms with Gasteiger partial charge >= 0.3 is 0 Å². The molecule has 0 N–H and O–H groups in total. The first kappa shape index (κ1) is 19.3. The van der Waals surface area contributed by atoms with Crippen LogP contribution in [0.3, 0.4) is 0 Å². The van der Waals surface area contributed by atoms with Crippen molar-refractivity contribution in [1.29, 1.82) is 0 Å². The van der Waals surface area contributed by atoms with E-state index in [-0.39, 0.29) is 10.5 Å². The van der Waals surface area contributed by atoms with Crippen LogP contribution in [0.2, 0.25) is 0 Å². The molecular formula is C18H20ClNO4S. The molecule has 0 radical (unpaired) electrons. The molecule has 0 heterocycles. The highest BCUT2D eigenvalue weighted by Crippen LogP contribution is 2.34. The lowest BCUT2D eigenvalue weighted by atomic mass is 10.0. The Morgan fingerprint density at radius 1 is 1.24 bits per heavy atom. The summed E-state index contributed by atoms with van der Waals surface area (Å²) in [5.41, 5.74) is 2.15. The Hall–Kier alpha value is -2.05. The Bertz CT molecular complexity index is 909. The molecule has 0 aliphatic rings. The number of methoxy groups -OCH3 is 1. The van der Waals surface area contributed by atoms with Gasteiger partial charge in [0.15, 0.2) is 9.84 Å². The van der Waals surface area contributed by atoms with E-state index in [9.17, 15) is 13.2 Å². The summed E-state index contributed by atoms with van der Waals surface area (Å²) in [6, 6.07) is 10.3. The second kappa shape index (κ2) is 7.45. The van der Waals surface area contributed by atoms with Crippen molar-refractivity contribution in [2.24, 2.45) is 0 Å². The Morgan fingerprint density at radius 2 is 1.92 bits per heavy atom. The maximum Gasteiger partial charge on any atom is 0.252 e. The van der Waals surface area contributed by atoms with Crippen LogP contribution < -0.4 is 9.64 Å². The lowest BCUT2D eigenvalue weighted by molar-refractivity contribution is 0.108. The number of nitrogens with zero attached hydrogens (tertiary/aromatic N) is 1. The molecule has 0 saturated heterocycles. The van der Waals surface area contributed by atoms with Crippen molar-refractivity contribution in [2.45, 2.75) is 18.2 Å². The van der Waals surface area contributed by atoms with E-state index in [1.807, 2.05) is 25.1 Å². The molecule has 0 aliphatic heterocycles. The maximum absolute atomic E-state index is 12.3. The van der Waals surface area contributed by atoms with E-state index in [1.54, 1.807) is 31.2 Å². The summed E-state index contributed by atoms with van der Waals surface area (Å²) in [6.45, 7) is 1.88. The van der Waals surface area contributed by atoms with Gasteiger partial charge in [-0.2, -0.15) is 0 Å². The zero-order valence-electron chi connectivity index (χ0n) is 14.5. The molecule has 0 amide bonds. The average Bonchev–Trinajstić information content (AvgIpc) is 2.58. The molecule has 2 aromatic carbocycles. The molecule has 5 nitrogen and oxygen atoms in total. The van der Waals surface area contributed by atoms with Crippen molar-refractivity contribution in [2.75, 3.05) is 25.3 Å². The fourth-order valence-corrected chi connectivity index (χ4v) is 3.69. The number of carbonyl (C=O) groups excluding carboxylic acids is 1. The predicted molar refractivity (Wildman–Crippen MR) is 100 cm³/mol. The number of aryl methyl sites for hydroxylation is 1. The summed E-state index contributed by atoms with van der Waals surface area (Å²) in [4.78, 5) is 13.5. The van der Waals surface area contributed by atoms with Crippen LogP contribution in [-0.2, 0) is 16.3 Å².